The van der Waals surface area contributed by atoms with Gasteiger partial charge in [0.25, 0.3) is 0 Å². The molecule has 8 heteroatoms. The van der Waals surface area contributed by atoms with Gasteiger partial charge < -0.3 is 0 Å². The van der Waals surface area contributed by atoms with Crippen molar-refractivity contribution >= 4 is 33.4 Å². The first-order valence-electron chi connectivity index (χ1n) is 8.15. The van der Waals surface area contributed by atoms with E-state index in [1.54, 1.807) is 0 Å². The Labute approximate surface area is 153 Å². The summed E-state index contributed by atoms with van der Waals surface area (Å²) in [6, 6.07) is 4.15. The van der Waals surface area contributed by atoms with Crippen molar-refractivity contribution in [3.8, 4) is 0 Å². The first kappa shape index (κ1) is 19.8. The average molecular weight is 385 g/mol. The highest BCUT2D eigenvalue weighted by Crippen LogP contribution is 2.27. The molecule has 1 heterocycles. The molecule has 1 atom stereocenters. The number of hydrazine groups is 1. The van der Waals surface area contributed by atoms with E-state index in [4.69, 9.17) is 0 Å². The van der Waals surface area contributed by atoms with Crippen LogP contribution in [0.2, 0.25) is 0 Å². The van der Waals surface area contributed by atoms with Crippen LogP contribution in [-0.4, -0.2) is 37.5 Å². The van der Waals surface area contributed by atoms with Crippen LogP contribution in [0.1, 0.15) is 29.5 Å². The molecule has 1 aromatic rings. The Morgan fingerprint density at radius 1 is 1.12 bits per heavy atom. The van der Waals surface area contributed by atoms with Crippen molar-refractivity contribution in [3.05, 3.63) is 28.8 Å². The topological polar surface area (TPSA) is 92.3 Å². The first-order chi connectivity index (χ1) is 11.7. The van der Waals surface area contributed by atoms with Gasteiger partial charge in [0, 0.05) is 11.3 Å². The Morgan fingerprint density at radius 2 is 1.72 bits per heavy atom. The maximum atomic E-state index is 11.9. The summed E-state index contributed by atoms with van der Waals surface area (Å²) in [5, 5.41) is 0. The molecular formula is C17H24N2O4S2. The fraction of sp³-hybridized carbons (Fsp3) is 0.529. The molecule has 0 bridgehead atoms. The minimum atomic E-state index is -2.99. The quantitative estimate of drug-likeness (QED) is 0.595. The van der Waals surface area contributed by atoms with E-state index < -0.39 is 9.84 Å². The number of hydrogen-bond acceptors (Lipinski definition) is 5. The van der Waals surface area contributed by atoms with Crippen LogP contribution in [0.4, 0.5) is 0 Å². The van der Waals surface area contributed by atoms with E-state index in [0.29, 0.717) is 6.42 Å². The zero-order chi connectivity index (χ0) is 18.6. The summed E-state index contributed by atoms with van der Waals surface area (Å²) in [7, 11) is -2.99. The number of amides is 2. The van der Waals surface area contributed by atoms with E-state index in [9.17, 15) is 18.0 Å². The summed E-state index contributed by atoms with van der Waals surface area (Å²) in [4.78, 5) is 24.8. The second-order valence-electron chi connectivity index (χ2n) is 6.59. The molecular weight excluding hydrogens is 360 g/mol. The van der Waals surface area contributed by atoms with E-state index in [2.05, 4.69) is 23.0 Å². The summed E-state index contributed by atoms with van der Waals surface area (Å²) in [5.74, 6) is -0.420. The number of hydrogen-bond donors (Lipinski definition) is 2. The molecule has 0 aromatic heterocycles. The molecule has 1 aliphatic heterocycles. The van der Waals surface area contributed by atoms with Crippen molar-refractivity contribution in [1.82, 2.24) is 10.9 Å². The van der Waals surface area contributed by atoms with Crippen molar-refractivity contribution in [2.45, 2.75) is 38.5 Å². The van der Waals surface area contributed by atoms with E-state index in [0.717, 1.165) is 16.0 Å². The summed E-state index contributed by atoms with van der Waals surface area (Å²) < 4.78 is 22.8. The molecule has 138 valence electrons. The molecule has 25 heavy (non-hydrogen) atoms. The fourth-order valence-electron chi connectivity index (χ4n) is 3.05. The predicted molar refractivity (Wildman–Crippen MR) is 99.0 cm³/mol. The number of rotatable bonds is 5. The normalized spacial score (nSPS) is 18.8. The second-order valence-corrected chi connectivity index (χ2v) is 9.80. The number of carbonyl (C=O) groups excluding carboxylic acids is 2. The molecule has 6 nitrogen and oxygen atoms in total. The monoisotopic (exact) mass is 384 g/mol. The molecule has 1 aliphatic rings. The lowest BCUT2D eigenvalue weighted by atomic mass is 10.1. The van der Waals surface area contributed by atoms with Crippen LogP contribution in [0.3, 0.4) is 0 Å². The second kappa shape index (κ2) is 8.23. The summed E-state index contributed by atoms with van der Waals surface area (Å²) in [6.45, 7) is 6.06. The minimum Gasteiger partial charge on any atom is -0.273 e. The van der Waals surface area contributed by atoms with Crippen LogP contribution in [0.5, 0.6) is 0 Å². The third-order valence-corrected chi connectivity index (χ3v) is 7.27. The summed E-state index contributed by atoms with van der Waals surface area (Å²) in [5.41, 5.74) is 8.19. The molecule has 2 amide bonds. The van der Waals surface area contributed by atoms with Crippen molar-refractivity contribution < 1.29 is 18.0 Å². The number of nitrogens with one attached hydrogen (secondary N) is 2. The predicted octanol–water partition coefficient (Wildman–Crippen LogP) is 1.68. The molecule has 0 radical (unpaired) electrons. The molecule has 1 fully saturated rings. The molecule has 2 rings (SSSR count). The highest BCUT2D eigenvalue weighted by molar-refractivity contribution is 8.00. The lowest BCUT2D eigenvalue weighted by Crippen LogP contribution is -2.43. The fourth-order valence-corrected chi connectivity index (χ4v) is 5.84. The van der Waals surface area contributed by atoms with Gasteiger partial charge >= 0.3 is 0 Å². The van der Waals surface area contributed by atoms with Gasteiger partial charge in [0.05, 0.1) is 17.3 Å². The van der Waals surface area contributed by atoms with E-state index in [1.807, 2.05) is 20.8 Å². The van der Waals surface area contributed by atoms with E-state index >= 15 is 0 Å². The minimum absolute atomic E-state index is 0.0518. The molecule has 1 saturated heterocycles. The number of aryl methyl sites for hydroxylation is 3. The zero-order valence-corrected chi connectivity index (χ0v) is 16.4. The first-order valence-corrected chi connectivity index (χ1v) is 11.0. The van der Waals surface area contributed by atoms with Crippen LogP contribution in [0.25, 0.3) is 0 Å². The van der Waals surface area contributed by atoms with Gasteiger partial charge in [-0.3, -0.25) is 20.4 Å². The zero-order valence-electron chi connectivity index (χ0n) is 14.7. The van der Waals surface area contributed by atoms with Crippen LogP contribution in [0, 0.1) is 26.7 Å². The smallest absolute Gasteiger partial charge is 0.248 e. The van der Waals surface area contributed by atoms with Crippen molar-refractivity contribution in [1.29, 1.82) is 0 Å². The molecule has 0 saturated carbocycles. The third-order valence-electron chi connectivity index (χ3n) is 4.09. The van der Waals surface area contributed by atoms with Gasteiger partial charge in [-0.05, 0) is 44.2 Å². The Balaban J connectivity index is 1.75. The lowest BCUT2D eigenvalue weighted by Gasteiger charge is -2.12. The largest absolute Gasteiger partial charge is 0.273 e. The van der Waals surface area contributed by atoms with Gasteiger partial charge in [0.1, 0.15) is 0 Å². The molecule has 0 aliphatic carbocycles. The maximum absolute atomic E-state index is 11.9. The van der Waals surface area contributed by atoms with Gasteiger partial charge in [-0.1, -0.05) is 17.7 Å². The van der Waals surface area contributed by atoms with Crippen molar-refractivity contribution in [3.63, 3.8) is 0 Å². The van der Waals surface area contributed by atoms with Crippen LogP contribution >= 0.6 is 11.8 Å². The van der Waals surface area contributed by atoms with Gasteiger partial charge in [0.2, 0.25) is 11.8 Å². The molecule has 1 unspecified atom stereocenters. The lowest BCUT2D eigenvalue weighted by molar-refractivity contribution is -0.128. The Hall–Kier alpha value is -1.54. The Kier molecular flexibility index (Phi) is 6.51. The molecule has 2 N–H and O–H groups in total. The van der Waals surface area contributed by atoms with Crippen LogP contribution in [0.15, 0.2) is 17.0 Å². The van der Waals surface area contributed by atoms with Gasteiger partial charge in [-0.25, -0.2) is 8.42 Å². The maximum Gasteiger partial charge on any atom is 0.248 e. The standard InChI is InChI=1S/C17H24N2O4S2/c1-11-6-12(2)17(13(3)7-11)24-9-16(21)19-18-15(20)8-14-4-5-25(22,23)10-14/h6-7,14H,4-5,8-10H2,1-3H3,(H,18,20)(H,19,21). The average Bonchev–Trinajstić information content (AvgIpc) is 2.82. The molecule has 0 spiro atoms. The number of thioether (sulfide) groups is 1. The Bertz CT molecular complexity index is 752. The highest BCUT2D eigenvalue weighted by atomic mass is 32.2. The Morgan fingerprint density at radius 3 is 2.28 bits per heavy atom. The summed E-state index contributed by atoms with van der Waals surface area (Å²) >= 11 is 1.43. The number of carbonyl (C=O) groups is 2. The van der Waals surface area contributed by atoms with Gasteiger partial charge in [-0.15, -0.1) is 11.8 Å². The SMILES string of the molecule is Cc1cc(C)c(SCC(=O)NNC(=O)CC2CCS(=O)(=O)C2)c(C)c1. The van der Waals surface area contributed by atoms with E-state index in [1.165, 1.54) is 17.3 Å². The van der Waals surface area contributed by atoms with Gasteiger partial charge in [0.15, 0.2) is 9.84 Å². The highest BCUT2D eigenvalue weighted by Gasteiger charge is 2.29. The van der Waals surface area contributed by atoms with Gasteiger partial charge in [-0.2, -0.15) is 0 Å². The van der Waals surface area contributed by atoms with Crippen molar-refractivity contribution in [2.75, 3.05) is 17.3 Å². The third kappa shape index (κ3) is 6.04. The summed E-state index contributed by atoms with van der Waals surface area (Å²) in [6.07, 6.45) is 0.619. The number of sulfone groups is 1. The van der Waals surface area contributed by atoms with Crippen LogP contribution in [-0.2, 0) is 19.4 Å². The van der Waals surface area contributed by atoms with Crippen LogP contribution < -0.4 is 10.9 Å². The molecule has 1 aromatic carbocycles. The van der Waals surface area contributed by atoms with E-state index in [-0.39, 0.29) is 41.4 Å². The number of benzene rings is 1. The van der Waals surface area contributed by atoms with Crippen molar-refractivity contribution in [2.24, 2.45) is 5.92 Å².